The Kier molecular flexibility index (Phi) is 11.3. The van der Waals surface area contributed by atoms with Crippen molar-refractivity contribution in [2.24, 2.45) is 17.9 Å². The van der Waals surface area contributed by atoms with Crippen LogP contribution in [0.2, 0.25) is 0 Å². The van der Waals surface area contributed by atoms with E-state index in [0.717, 1.165) is 0 Å². The maximum atomic E-state index is 13.5. The van der Waals surface area contributed by atoms with Gasteiger partial charge in [-0.2, -0.15) is 10.2 Å². The van der Waals surface area contributed by atoms with E-state index in [1.165, 1.54) is 22.9 Å². The highest BCUT2D eigenvalue weighted by Gasteiger charge is 2.22. The molecular weight excluding hydrogens is 743 g/mol. The highest BCUT2D eigenvalue weighted by molar-refractivity contribution is 7.89. The molecule has 6 aromatic rings. The molecule has 6 rings (SSSR count). The summed E-state index contributed by atoms with van der Waals surface area (Å²) in [4.78, 5) is 48.4. The lowest BCUT2D eigenvalue weighted by Gasteiger charge is -2.13. The van der Waals surface area contributed by atoms with E-state index >= 15 is 0 Å². The number of rotatable bonds is 16. The Morgan fingerprint density at radius 1 is 0.875 bits per heavy atom. The number of imidazole rings is 2. The number of anilines is 2. The third kappa shape index (κ3) is 8.31. The Morgan fingerprint density at radius 2 is 1.52 bits per heavy atom. The van der Waals surface area contributed by atoms with Crippen molar-refractivity contribution in [2.45, 2.75) is 51.7 Å². The summed E-state index contributed by atoms with van der Waals surface area (Å²) in [6.45, 7) is 7.26. The molecule has 0 saturated carbocycles. The molecule has 0 fully saturated rings. The summed E-state index contributed by atoms with van der Waals surface area (Å²) in [6, 6.07) is 10.7. The third-order valence-corrected chi connectivity index (χ3v) is 9.74. The van der Waals surface area contributed by atoms with Gasteiger partial charge < -0.3 is 24.9 Å². The van der Waals surface area contributed by atoms with Crippen molar-refractivity contribution in [2.75, 3.05) is 30.8 Å². The summed E-state index contributed by atoms with van der Waals surface area (Å²) in [5, 5.41) is 22.8. The van der Waals surface area contributed by atoms with Crippen LogP contribution in [0.25, 0.3) is 22.1 Å². The van der Waals surface area contributed by atoms with Crippen LogP contribution in [0, 0.1) is 13.8 Å². The lowest BCUT2D eigenvalue weighted by Crippen LogP contribution is -2.20. The van der Waals surface area contributed by atoms with E-state index in [9.17, 15) is 22.8 Å². The number of benzene rings is 2. The van der Waals surface area contributed by atoms with Gasteiger partial charge in [-0.15, -0.1) is 0 Å². The number of hydrogen-bond donors (Lipinski definition) is 5. The van der Waals surface area contributed by atoms with E-state index in [0.29, 0.717) is 76.7 Å². The van der Waals surface area contributed by atoms with E-state index in [4.69, 9.17) is 15.6 Å². The third-order valence-electron chi connectivity index (χ3n) is 8.83. The van der Waals surface area contributed by atoms with Crippen molar-refractivity contribution in [3.05, 3.63) is 83.0 Å². The monoisotopic (exact) mass is 785 g/mol. The second-order valence-electron chi connectivity index (χ2n) is 13.0. The molecule has 19 nitrogen and oxygen atoms in total. The van der Waals surface area contributed by atoms with Crippen LogP contribution in [0.5, 0.6) is 5.75 Å². The van der Waals surface area contributed by atoms with Gasteiger partial charge >= 0.3 is 0 Å². The van der Waals surface area contributed by atoms with Gasteiger partial charge in [0.1, 0.15) is 22.7 Å². The molecule has 0 aliphatic rings. The molecule has 0 bridgehead atoms. The molecule has 20 heteroatoms. The number of nitrogens with zero attached hydrogens (tertiary/aromatic N) is 8. The molecule has 294 valence electrons. The fourth-order valence-electron chi connectivity index (χ4n) is 6.24. The fraction of sp³-hybridized carbons (Fsp3) is 0.306. The molecule has 0 aliphatic heterocycles. The van der Waals surface area contributed by atoms with Crippen LogP contribution in [0.3, 0.4) is 0 Å². The second-order valence-corrected chi connectivity index (χ2v) is 14.5. The molecule has 0 spiro atoms. The normalized spacial score (nSPS) is 11.9. The first-order valence-corrected chi connectivity index (χ1v) is 19.2. The van der Waals surface area contributed by atoms with Crippen molar-refractivity contribution in [1.29, 1.82) is 0 Å². The predicted molar refractivity (Wildman–Crippen MR) is 209 cm³/mol. The Balaban J connectivity index is 1.38. The number of carbonyl (C=O) groups is 3. The number of nitrogens with one attached hydrogen (secondary N) is 3. The highest BCUT2D eigenvalue weighted by atomic mass is 32.2. The van der Waals surface area contributed by atoms with Crippen LogP contribution in [0.4, 0.5) is 11.9 Å². The number of nitrogens with two attached hydrogens (primary N) is 2. The van der Waals surface area contributed by atoms with E-state index in [2.05, 4.69) is 36.1 Å². The fourth-order valence-corrected chi connectivity index (χ4v) is 6.77. The molecule has 2 aromatic carbocycles. The van der Waals surface area contributed by atoms with Crippen LogP contribution < -0.4 is 31.6 Å². The van der Waals surface area contributed by atoms with E-state index in [1.807, 2.05) is 26.1 Å². The quantitative estimate of drug-likeness (QED) is 0.0704. The lowest BCUT2D eigenvalue weighted by atomic mass is 10.1. The zero-order valence-electron chi connectivity index (χ0n) is 31.5. The predicted octanol–water partition coefficient (Wildman–Crippen LogP) is 2.45. The number of hydrogen-bond acceptors (Lipinski definition) is 11. The van der Waals surface area contributed by atoms with Crippen molar-refractivity contribution >= 4 is 61.7 Å². The number of sulfonamides is 1. The number of ether oxygens (including phenoxy) is 1. The molecule has 3 amide bonds. The van der Waals surface area contributed by atoms with Gasteiger partial charge in [0.25, 0.3) is 11.8 Å². The van der Waals surface area contributed by atoms with Crippen molar-refractivity contribution in [1.82, 2.24) is 44.0 Å². The molecule has 0 atom stereocenters. The number of primary amides is 1. The SMILES string of the molecule is CCn1nc(C)cc1C(=O)Nc1nc2cc(S(N)(=O)=O)ccc2n1C/C=C/Cn1c(NC(=O)c2cc(C)nn2C)nc2cc(C(N)=O)cc(OCCCNC)c21. The highest BCUT2D eigenvalue weighted by Crippen LogP contribution is 2.32. The molecule has 0 radical (unpaired) electrons. The van der Waals surface area contributed by atoms with Crippen molar-refractivity contribution in [3.63, 3.8) is 0 Å². The smallest absolute Gasteiger partial charge is 0.276 e. The molecule has 4 heterocycles. The Hall–Kier alpha value is -6.38. The second kappa shape index (κ2) is 16.2. The Labute approximate surface area is 321 Å². The Morgan fingerprint density at radius 3 is 2.16 bits per heavy atom. The van der Waals surface area contributed by atoms with Gasteiger partial charge in [-0.25, -0.2) is 23.5 Å². The van der Waals surface area contributed by atoms with Crippen molar-refractivity contribution < 1.29 is 27.5 Å². The van der Waals surface area contributed by atoms with Crippen LogP contribution in [0.15, 0.2) is 59.5 Å². The zero-order valence-corrected chi connectivity index (χ0v) is 32.3. The largest absolute Gasteiger partial charge is 0.491 e. The van der Waals surface area contributed by atoms with Gasteiger partial charge in [0.15, 0.2) is 0 Å². The Bertz CT molecular complexity index is 2620. The first-order valence-electron chi connectivity index (χ1n) is 17.7. The molecule has 7 N–H and O–H groups in total. The maximum Gasteiger partial charge on any atom is 0.276 e. The van der Waals surface area contributed by atoms with Gasteiger partial charge in [0.05, 0.1) is 39.4 Å². The number of aromatic nitrogens is 8. The van der Waals surface area contributed by atoms with Crippen molar-refractivity contribution in [3.8, 4) is 5.75 Å². The van der Waals surface area contributed by atoms with Gasteiger partial charge in [-0.3, -0.25) is 34.4 Å². The van der Waals surface area contributed by atoms with E-state index in [1.54, 1.807) is 59.0 Å². The first kappa shape index (κ1) is 39.3. The molecule has 4 aromatic heterocycles. The topological polar surface area (TPSA) is 254 Å². The van der Waals surface area contributed by atoms with Gasteiger partial charge in [0, 0.05) is 32.2 Å². The zero-order chi connectivity index (χ0) is 40.3. The molecule has 56 heavy (non-hydrogen) atoms. The number of carbonyl (C=O) groups excluding carboxylic acids is 3. The average Bonchev–Trinajstić information content (AvgIpc) is 3.89. The minimum absolute atomic E-state index is 0.130. The summed E-state index contributed by atoms with van der Waals surface area (Å²) in [5.41, 5.74) is 9.53. The van der Waals surface area contributed by atoms with Crippen LogP contribution in [0.1, 0.15) is 56.1 Å². The maximum absolute atomic E-state index is 13.5. The number of primary sulfonamides is 1. The summed E-state index contributed by atoms with van der Waals surface area (Å²) in [5.74, 6) is -0.891. The number of allylic oxidation sites excluding steroid dienone is 2. The minimum atomic E-state index is -4.03. The standard InChI is InChI=1S/C36H43N13O6S/c1-6-49-29(17-22(3)45-49)34(52)43-35-40-25-20-24(56(38,53)54)10-11-27(25)47(35)13-7-8-14-48-31-26(18-23(32(37)50)19-30(31)55-15-9-12-39-4)41-36(48)42-33(51)28-16-21(2)44-46(28)5/h7-8,10-11,16-20,39H,6,9,12-15H2,1-5H3,(H2,37,50)(H2,38,53,54)(H,40,43,52)(H,41,42,51)/b8-7+. The summed E-state index contributed by atoms with van der Waals surface area (Å²) >= 11 is 0. The molecule has 0 aliphatic carbocycles. The lowest BCUT2D eigenvalue weighted by molar-refractivity contribution is 0.0994. The van der Waals surface area contributed by atoms with Crippen LogP contribution >= 0.6 is 0 Å². The molecular formula is C36H43N13O6S. The summed E-state index contributed by atoms with van der Waals surface area (Å²) in [6.07, 6.45) is 4.31. The van der Waals surface area contributed by atoms with Gasteiger partial charge in [0.2, 0.25) is 27.8 Å². The number of amides is 3. The molecule has 0 unspecified atom stereocenters. The minimum Gasteiger partial charge on any atom is -0.491 e. The van der Waals surface area contributed by atoms with Gasteiger partial charge in [-0.1, -0.05) is 12.2 Å². The number of aryl methyl sites for hydroxylation is 4. The van der Waals surface area contributed by atoms with Gasteiger partial charge in [-0.05, 0) is 83.2 Å². The summed E-state index contributed by atoms with van der Waals surface area (Å²) < 4.78 is 37.0. The van der Waals surface area contributed by atoms with Crippen LogP contribution in [-0.4, -0.2) is 85.0 Å². The average molecular weight is 786 g/mol. The first-order chi connectivity index (χ1) is 26.7. The van der Waals surface area contributed by atoms with E-state index in [-0.39, 0.29) is 35.4 Å². The number of fused-ring (bicyclic) bond motifs is 2. The molecule has 0 saturated heterocycles. The van der Waals surface area contributed by atoms with E-state index < -0.39 is 27.7 Å². The van der Waals surface area contributed by atoms with Crippen LogP contribution in [-0.2, 0) is 36.7 Å². The summed E-state index contributed by atoms with van der Waals surface area (Å²) in [7, 11) is -0.535.